The maximum Gasteiger partial charge on any atom is 0.401 e. The number of unbranched alkanes of at least 4 members (excludes halogenated alkanes) is 1. The number of hydrogen-bond donors (Lipinski definition) is 0. The van der Waals surface area contributed by atoms with Gasteiger partial charge in [0, 0.05) is 0 Å². The van der Waals surface area contributed by atoms with Crippen LogP contribution in [0, 0.1) is 0 Å². The Morgan fingerprint density at radius 3 is 2.20 bits per heavy atom. The van der Waals surface area contributed by atoms with E-state index < -0.39 is 11.0 Å². The second-order valence-electron chi connectivity index (χ2n) is 2.15. The van der Waals surface area contributed by atoms with Gasteiger partial charge >= 0.3 is 6.18 Å². The van der Waals surface area contributed by atoms with Crippen LogP contribution in [0.5, 0.6) is 0 Å². The number of rotatable bonds is 3. The van der Waals surface area contributed by atoms with Crippen molar-refractivity contribution in [3.8, 4) is 0 Å². The molecule has 0 bridgehead atoms. The molecule has 0 radical (unpaired) electrons. The van der Waals surface area contributed by atoms with E-state index in [0.29, 0.717) is 6.42 Å². The lowest BCUT2D eigenvalue weighted by Gasteiger charge is -2.12. The lowest BCUT2D eigenvalue weighted by Crippen LogP contribution is -2.22. The van der Waals surface area contributed by atoms with Crippen LogP contribution in [0.25, 0.3) is 0 Å². The molecule has 10 heavy (non-hydrogen) atoms. The predicted molar refractivity (Wildman–Crippen MR) is 38.3 cm³/mol. The van der Waals surface area contributed by atoms with Gasteiger partial charge in [-0.05, 0) is 6.42 Å². The number of hydrogen-bond acceptors (Lipinski definition) is 0. The fraction of sp³-hybridized carbons (Fsp3) is 1.00. The molecule has 0 nitrogen and oxygen atoms in total. The van der Waals surface area contributed by atoms with E-state index in [1.807, 2.05) is 6.92 Å². The Morgan fingerprint density at radius 1 is 1.40 bits per heavy atom. The Balaban J connectivity index is 3.52. The molecular weight excluding hydrogens is 209 g/mol. The van der Waals surface area contributed by atoms with Crippen LogP contribution in [0.3, 0.4) is 0 Å². The largest absolute Gasteiger partial charge is 0.401 e. The molecule has 62 valence electrons. The highest BCUT2D eigenvalue weighted by molar-refractivity contribution is 9.09. The molecule has 0 saturated carbocycles. The van der Waals surface area contributed by atoms with Crippen molar-refractivity contribution in [3.05, 3.63) is 0 Å². The summed E-state index contributed by atoms with van der Waals surface area (Å²) in [7, 11) is 0. The van der Waals surface area contributed by atoms with Crippen molar-refractivity contribution < 1.29 is 13.2 Å². The van der Waals surface area contributed by atoms with Crippen molar-refractivity contribution in [2.75, 3.05) is 0 Å². The topological polar surface area (TPSA) is 0 Å². The lowest BCUT2D eigenvalue weighted by atomic mass is 10.2. The molecule has 4 heteroatoms. The lowest BCUT2D eigenvalue weighted by molar-refractivity contribution is -0.128. The summed E-state index contributed by atoms with van der Waals surface area (Å²) in [6.07, 6.45) is -2.47. The van der Waals surface area contributed by atoms with Crippen molar-refractivity contribution >= 4 is 15.9 Å². The van der Waals surface area contributed by atoms with Crippen LogP contribution < -0.4 is 0 Å². The molecule has 1 unspecified atom stereocenters. The summed E-state index contributed by atoms with van der Waals surface area (Å²) >= 11 is 2.57. The van der Waals surface area contributed by atoms with Crippen LogP contribution in [0.4, 0.5) is 13.2 Å². The summed E-state index contributed by atoms with van der Waals surface area (Å²) in [6.45, 7) is 1.87. The van der Waals surface area contributed by atoms with Gasteiger partial charge in [-0.1, -0.05) is 35.7 Å². The first-order valence-electron chi connectivity index (χ1n) is 3.19. The minimum absolute atomic E-state index is 0.181. The van der Waals surface area contributed by atoms with Gasteiger partial charge in [0.25, 0.3) is 0 Å². The van der Waals surface area contributed by atoms with Gasteiger partial charge in [0.1, 0.15) is 4.83 Å². The van der Waals surface area contributed by atoms with Crippen LogP contribution in [0.15, 0.2) is 0 Å². The van der Waals surface area contributed by atoms with E-state index in [1.54, 1.807) is 0 Å². The fourth-order valence-corrected chi connectivity index (χ4v) is 0.871. The molecule has 0 aromatic carbocycles. The minimum Gasteiger partial charge on any atom is -0.170 e. The summed E-state index contributed by atoms with van der Waals surface area (Å²) in [5, 5.41) is 0. The Bertz CT molecular complexity index is 89.5. The highest BCUT2D eigenvalue weighted by Gasteiger charge is 2.36. The van der Waals surface area contributed by atoms with E-state index in [1.165, 1.54) is 0 Å². The molecule has 0 heterocycles. The van der Waals surface area contributed by atoms with Crippen LogP contribution in [0.1, 0.15) is 26.2 Å². The van der Waals surface area contributed by atoms with E-state index in [-0.39, 0.29) is 6.42 Å². The second kappa shape index (κ2) is 4.21. The molecule has 0 aliphatic heterocycles. The van der Waals surface area contributed by atoms with Crippen LogP contribution in [-0.4, -0.2) is 11.0 Å². The van der Waals surface area contributed by atoms with E-state index in [2.05, 4.69) is 15.9 Å². The molecule has 0 rings (SSSR count). The summed E-state index contributed by atoms with van der Waals surface area (Å²) < 4.78 is 35.2. The van der Waals surface area contributed by atoms with Crippen LogP contribution in [0.2, 0.25) is 0 Å². The van der Waals surface area contributed by atoms with E-state index in [9.17, 15) is 13.2 Å². The third-order valence-electron chi connectivity index (χ3n) is 1.17. The van der Waals surface area contributed by atoms with Gasteiger partial charge in [-0.2, -0.15) is 13.2 Å². The average molecular weight is 219 g/mol. The highest BCUT2D eigenvalue weighted by atomic mass is 79.9. The zero-order valence-corrected chi connectivity index (χ0v) is 7.30. The quantitative estimate of drug-likeness (QED) is 0.637. The number of halogens is 4. The van der Waals surface area contributed by atoms with Gasteiger partial charge in [0.05, 0.1) is 0 Å². The summed E-state index contributed by atoms with van der Waals surface area (Å²) in [5.41, 5.74) is 0. The van der Waals surface area contributed by atoms with Crippen molar-refractivity contribution in [2.45, 2.75) is 37.2 Å². The molecule has 0 aromatic heterocycles. The Morgan fingerprint density at radius 2 is 1.90 bits per heavy atom. The Labute approximate surface area is 66.9 Å². The van der Waals surface area contributed by atoms with Crippen molar-refractivity contribution in [1.82, 2.24) is 0 Å². The number of alkyl halides is 4. The Kier molecular flexibility index (Phi) is 4.32. The average Bonchev–Trinajstić information content (AvgIpc) is 1.80. The minimum atomic E-state index is -4.07. The molecule has 0 spiro atoms. The molecule has 0 aliphatic rings. The molecule has 1 atom stereocenters. The molecule has 0 N–H and O–H groups in total. The smallest absolute Gasteiger partial charge is 0.170 e. The van der Waals surface area contributed by atoms with E-state index in [4.69, 9.17) is 0 Å². The third kappa shape index (κ3) is 4.14. The van der Waals surface area contributed by atoms with Crippen molar-refractivity contribution in [3.63, 3.8) is 0 Å². The zero-order valence-electron chi connectivity index (χ0n) is 5.71. The van der Waals surface area contributed by atoms with Gasteiger partial charge in [-0.3, -0.25) is 0 Å². The molecule has 0 fully saturated rings. The molecule has 0 amide bonds. The van der Waals surface area contributed by atoms with Gasteiger partial charge < -0.3 is 0 Å². The van der Waals surface area contributed by atoms with Crippen LogP contribution in [-0.2, 0) is 0 Å². The highest BCUT2D eigenvalue weighted by Crippen LogP contribution is 2.29. The van der Waals surface area contributed by atoms with Gasteiger partial charge in [-0.15, -0.1) is 0 Å². The molecule has 0 saturated heterocycles. The third-order valence-corrected chi connectivity index (χ3v) is 2.14. The zero-order chi connectivity index (χ0) is 8.20. The SMILES string of the molecule is CCCCC(Br)C(F)(F)F. The standard InChI is InChI=1S/C6H10BrF3/c1-2-3-4-5(7)6(8,9)10/h5H,2-4H2,1H3. The second-order valence-corrected chi connectivity index (χ2v) is 3.26. The Hall–Kier alpha value is 0.270. The first-order valence-corrected chi connectivity index (χ1v) is 4.10. The first kappa shape index (κ1) is 10.3. The van der Waals surface area contributed by atoms with Crippen molar-refractivity contribution in [1.29, 1.82) is 0 Å². The maximum atomic E-state index is 11.7. The summed E-state index contributed by atoms with van der Waals surface area (Å²) in [5.74, 6) is 0. The van der Waals surface area contributed by atoms with Gasteiger partial charge in [0.15, 0.2) is 0 Å². The molecular formula is C6H10BrF3. The predicted octanol–water partition coefficient (Wildman–Crippen LogP) is 3.50. The summed E-state index contributed by atoms with van der Waals surface area (Å²) in [4.78, 5) is -1.32. The molecule has 0 aromatic rings. The normalized spacial score (nSPS) is 15.3. The fourth-order valence-electron chi connectivity index (χ4n) is 0.547. The van der Waals surface area contributed by atoms with E-state index in [0.717, 1.165) is 6.42 Å². The first-order chi connectivity index (χ1) is 4.48. The van der Waals surface area contributed by atoms with Gasteiger partial charge in [-0.25, -0.2) is 0 Å². The monoisotopic (exact) mass is 218 g/mol. The van der Waals surface area contributed by atoms with Gasteiger partial charge in [0.2, 0.25) is 0 Å². The van der Waals surface area contributed by atoms with Crippen molar-refractivity contribution in [2.24, 2.45) is 0 Å². The maximum absolute atomic E-state index is 11.7. The molecule has 0 aliphatic carbocycles. The van der Waals surface area contributed by atoms with E-state index >= 15 is 0 Å². The van der Waals surface area contributed by atoms with Crippen LogP contribution >= 0.6 is 15.9 Å². The summed E-state index contributed by atoms with van der Waals surface area (Å²) in [6, 6.07) is 0.